The van der Waals surface area contributed by atoms with Crippen LogP contribution in [0.4, 0.5) is 20.2 Å². The molecule has 3 aromatic carbocycles. The first-order valence-corrected chi connectivity index (χ1v) is 13.9. The number of hydrogen-bond donors (Lipinski definition) is 2. The van der Waals surface area contributed by atoms with Crippen LogP contribution in [0.5, 0.6) is 5.75 Å². The molecule has 1 aliphatic heterocycles. The zero-order chi connectivity index (χ0) is 31.4. The Hall–Kier alpha value is -5.05. The van der Waals surface area contributed by atoms with Crippen molar-refractivity contribution in [2.45, 2.75) is 12.0 Å². The lowest BCUT2D eigenvalue weighted by Crippen LogP contribution is -2.46. The van der Waals surface area contributed by atoms with Crippen LogP contribution in [0.1, 0.15) is 43.6 Å². The van der Waals surface area contributed by atoms with Crippen LogP contribution in [-0.4, -0.2) is 66.8 Å². The highest BCUT2D eigenvalue weighted by Crippen LogP contribution is 2.38. The van der Waals surface area contributed by atoms with Crippen molar-refractivity contribution in [3.63, 3.8) is 0 Å². The Morgan fingerprint density at radius 3 is 2.48 bits per heavy atom. The predicted octanol–water partition coefficient (Wildman–Crippen LogP) is 4.89. The maximum Gasteiger partial charge on any atom is 0.298 e. The van der Waals surface area contributed by atoms with Crippen molar-refractivity contribution in [2.24, 2.45) is 0 Å². The number of rotatable bonds is 10. The number of nitrogens with zero attached hydrogens (tertiary/aromatic N) is 4. The highest BCUT2D eigenvalue weighted by Gasteiger charge is 2.37. The average Bonchev–Trinajstić information content (AvgIpc) is 3.46. The highest BCUT2D eigenvalue weighted by atomic mass is 19.3. The van der Waals surface area contributed by atoms with E-state index in [0.717, 1.165) is 0 Å². The fourth-order valence-electron chi connectivity index (χ4n) is 5.37. The maximum absolute atomic E-state index is 15.2. The molecule has 0 fully saturated rings. The summed E-state index contributed by atoms with van der Waals surface area (Å²) >= 11 is 0. The molecule has 2 heterocycles. The first kappa shape index (κ1) is 30.4. The molecule has 1 unspecified atom stereocenters. The van der Waals surface area contributed by atoms with Gasteiger partial charge in [0.25, 0.3) is 17.7 Å². The summed E-state index contributed by atoms with van der Waals surface area (Å²) in [6, 6.07) is 20.9. The van der Waals surface area contributed by atoms with E-state index in [2.05, 4.69) is 5.32 Å². The van der Waals surface area contributed by atoms with E-state index in [-0.39, 0.29) is 52.8 Å². The second-order valence-electron chi connectivity index (χ2n) is 10.5. The van der Waals surface area contributed by atoms with E-state index in [9.17, 15) is 20.0 Å². The fraction of sp³-hybridized carbons (Fsp3) is 0.242. The van der Waals surface area contributed by atoms with Crippen LogP contribution >= 0.6 is 0 Å². The number of nitrogens with one attached hydrogen (secondary N) is 1. The van der Waals surface area contributed by atoms with Crippen molar-refractivity contribution in [3.8, 4) is 11.8 Å². The topological polar surface area (TPSA) is 111 Å². The average molecular weight is 600 g/mol. The number of hydrogen-bond acceptors (Lipinski definition) is 6. The molecule has 1 aliphatic rings. The van der Waals surface area contributed by atoms with E-state index in [1.165, 1.54) is 66.6 Å². The van der Waals surface area contributed by atoms with E-state index in [4.69, 9.17) is 4.74 Å². The van der Waals surface area contributed by atoms with Gasteiger partial charge in [-0.1, -0.05) is 42.5 Å². The van der Waals surface area contributed by atoms with E-state index < -0.39 is 17.7 Å². The number of likely N-dealkylation sites (N-methyl/N-ethyl adjacent to an activating group) is 1. The van der Waals surface area contributed by atoms with Gasteiger partial charge in [0.05, 0.1) is 31.0 Å². The predicted molar refractivity (Wildman–Crippen MR) is 161 cm³/mol. The zero-order valence-electron chi connectivity index (χ0n) is 24.2. The Bertz CT molecular complexity index is 1700. The third kappa shape index (κ3) is 5.90. The van der Waals surface area contributed by atoms with Crippen molar-refractivity contribution in [2.75, 3.05) is 50.6 Å². The summed E-state index contributed by atoms with van der Waals surface area (Å²) in [5.74, 6) is -3.83. The Labute approximate surface area is 253 Å². The van der Waals surface area contributed by atoms with Gasteiger partial charge < -0.3 is 29.5 Å². The van der Waals surface area contributed by atoms with Gasteiger partial charge in [0.1, 0.15) is 17.5 Å². The number of methoxy groups -OCH3 is 1. The van der Waals surface area contributed by atoms with Gasteiger partial charge in [-0.25, -0.2) is 0 Å². The summed E-state index contributed by atoms with van der Waals surface area (Å²) in [5.41, 5.74) is 0.970. The zero-order valence-corrected chi connectivity index (χ0v) is 24.2. The number of carbonyl (C=O) groups excluding carboxylic acids is 2. The number of aromatic nitrogens is 1. The van der Waals surface area contributed by atoms with E-state index >= 15 is 8.78 Å². The Balaban J connectivity index is 1.47. The second kappa shape index (κ2) is 12.7. The Morgan fingerprint density at radius 1 is 1.11 bits per heavy atom. The molecule has 1 atom stereocenters. The minimum atomic E-state index is -3.22. The molecule has 11 heteroatoms. The van der Waals surface area contributed by atoms with Crippen molar-refractivity contribution >= 4 is 23.2 Å². The number of fused-ring (bicyclic) bond motifs is 1. The van der Waals surface area contributed by atoms with Gasteiger partial charge in [-0.3, -0.25) is 9.59 Å². The molecule has 226 valence electrons. The number of alkyl halides is 2. The first-order chi connectivity index (χ1) is 21.2. The number of benzene rings is 3. The molecule has 1 aromatic heterocycles. The van der Waals surface area contributed by atoms with Gasteiger partial charge in [0.15, 0.2) is 0 Å². The maximum atomic E-state index is 15.2. The van der Waals surface area contributed by atoms with E-state index in [1.54, 1.807) is 35.0 Å². The lowest BCUT2D eigenvalue weighted by atomic mass is 10.00. The SMILES string of the molecule is COc1ccc(C(=O)Nc2ccn3c2C(=O)N(c2ccc(C(F)(F)c4ccccc4)cc2)CC3CN(C)CCO)cc1C#N. The number of carbonyl (C=O) groups is 2. The third-order valence-corrected chi connectivity index (χ3v) is 7.66. The summed E-state index contributed by atoms with van der Waals surface area (Å²) in [7, 11) is 3.28. The van der Waals surface area contributed by atoms with Gasteiger partial charge in [-0.15, -0.1) is 0 Å². The Kier molecular flexibility index (Phi) is 8.76. The standard InChI is InChI=1S/C33H31F2N5O4/c1-38(16-17-41)20-27-21-40(26-11-9-25(10-12-26)33(34,35)24-6-4-3-5-7-24)32(43)30-28(14-15-39(27)30)37-31(42)22-8-13-29(44-2)23(18-22)19-36/h3-15,18,27,41H,16-17,20-21H2,1-2H3,(H,37,42). The summed E-state index contributed by atoms with van der Waals surface area (Å²) in [5, 5.41) is 21.7. The van der Waals surface area contributed by atoms with Crippen molar-refractivity contribution < 1.29 is 28.2 Å². The quantitative estimate of drug-likeness (QED) is 0.269. The first-order valence-electron chi connectivity index (χ1n) is 13.9. The number of aliphatic hydroxyl groups is 1. The Morgan fingerprint density at radius 2 is 1.82 bits per heavy atom. The van der Waals surface area contributed by atoms with Crippen LogP contribution in [0.25, 0.3) is 0 Å². The molecule has 44 heavy (non-hydrogen) atoms. The second-order valence-corrected chi connectivity index (χ2v) is 10.5. The number of nitriles is 1. The lowest BCUT2D eigenvalue weighted by molar-refractivity contribution is 0.0428. The number of halogens is 2. The summed E-state index contributed by atoms with van der Waals surface area (Å²) < 4.78 is 37.3. The minimum Gasteiger partial charge on any atom is -0.495 e. The van der Waals surface area contributed by atoms with Crippen LogP contribution < -0.4 is 15.0 Å². The van der Waals surface area contributed by atoms with Gasteiger partial charge in [0, 0.05) is 48.2 Å². The van der Waals surface area contributed by atoms with E-state index in [0.29, 0.717) is 24.5 Å². The van der Waals surface area contributed by atoms with Gasteiger partial charge in [0.2, 0.25) is 0 Å². The van der Waals surface area contributed by atoms with Crippen molar-refractivity contribution in [3.05, 3.63) is 113 Å². The molecular formula is C33H31F2N5O4. The number of amides is 2. The third-order valence-electron chi connectivity index (χ3n) is 7.66. The van der Waals surface area contributed by atoms with Gasteiger partial charge in [-0.2, -0.15) is 14.0 Å². The molecule has 4 aromatic rings. The van der Waals surface area contributed by atoms with Crippen molar-refractivity contribution in [1.82, 2.24) is 9.47 Å². The summed E-state index contributed by atoms with van der Waals surface area (Å²) in [4.78, 5) is 30.6. The van der Waals surface area contributed by atoms with Gasteiger partial charge >= 0.3 is 0 Å². The molecule has 0 bridgehead atoms. The molecule has 0 saturated heterocycles. The molecule has 0 aliphatic carbocycles. The summed E-state index contributed by atoms with van der Waals surface area (Å²) in [6.45, 7) is 1.07. The van der Waals surface area contributed by atoms with E-state index in [1.807, 2.05) is 18.0 Å². The number of ether oxygens (including phenoxy) is 1. The molecule has 9 nitrogen and oxygen atoms in total. The van der Waals surface area contributed by atoms with Crippen LogP contribution in [0.2, 0.25) is 0 Å². The normalized spacial score (nSPS) is 14.7. The number of anilines is 2. The monoisotopic (exact) mass is 599 g/mol. The fourth-order valence-corrected chi connectivity index (χ4v) is 5.37. The lowest BCUT2D eigenvalue weighted by Gasteiger charge is -2.37. The smallest absolute Gasteiger partial charge is 0.298 e. The molecule has 5 rings (SSSR count). The van der Waals surface area contributed by atoms with Crippen LogP contribution in [0.15, 0.2) is 85.1 Å². The van der Waals surface area contributed by atoms with Crippen molar-refractivity contribution in [1.29, 1.82) is 5.26 Å². The number of aliphatic hydroxyl groups excluding tert-OH is 1. The van der Waals surface area contributed by atoms with Crippen LogP contribution in [0, 0.1) is 11.3 Å². The molecule has 0 radical (unpaired) electrons. The molecule has 0 saturated carbocycles. The molecule has 2 N–H and O–H groups in total. The molecule has 0 spiro atoms. The largest absolute Gasteiger partial charge is 0.495 e. The highest BCUT2D eigenvalue weighted by molar-refractivity contribution is 6.13. The summed E-state index contributed by atoms with van der Waals surface area (Å²) in [6.07, 6.45) is 1.72. The van der Waals surface area contributed by atoms with Crippen LogP contribution in [-0.2, 0) is 5.92 Å². The van der Waals surface area contributed by atoms with Crippen LogP contribution in [0.3, 0.4) is 0 Å². The molecular weight excluding hydrogens is 568 g/mol. The van der Waals surface area contributed by atoms with Gasteiger partial charge in [-0.05, 0) is 43.4 Å². The minimum absolute atomic E-state index is 0.0463. The molecule has 2 amide bonds.